The second kappa shape index (κ2) is 9.90. The molecular formula is C12H22O3. The van der Waals surface area contributed by atoms with E-state index in [1.54, 1.807) is 12.2 Å². The average molecular weight is 214 g/mol. The Kier molecular flexibility index (Phi) is 9.48. The largest absolute Gasteiger partial charge is 0.396 e. The van der Waals surface area contributed by atoms with Crippen molar-refractivity contribution in [3.63, 3.8) is 0 Å². The van der Waals surface area contributed by atoms with E-state index in [0.717, 1.165) is 0 Å². The van der Waals surface area contributed by atoms with Crippen molar-refractivity contribution < 1.29 is 15.3 Å². The van der Waals surface area contributed by atoms with Crippen molar-refractivity contribution in [1.29, 1.82) is 0 Å². The fraction of sp³-hybridized carbons (Fsp3) is 0.667. The van der Waals surface area contributed by atoms with Crippen LogP contribution >= 0.6 is 0 Å². The molecule has 88 valence electrons. The van der Waals surface area contributed by atoms with Gasteiger partial charge in [0, 0.05) is 6.61 Å². The second-order valence-electron chi connectivity index (χ2n) is 3.56. The van der Waals surface area contributed by atoms with Crippen LogP contribution in [0, 0.1) is 0 Å². The van der Waals surface area contributed by atoms with Gasteiger partial charge in [-0.25, -0.2) is 0 Å². The van der Waals surface area contributed by atoms with Gasteiger partial charge in [-0.2, -0.15) is 0 Å². The van der Waals surface area contributed by atoms with Crippen LogP contribution in [0.4, 0.5) is 0 Å². The van der Waals surface area contributed by atoms with Gasteiger partial charge in [0.05, 0.1) is 12.2 Å². The van der Waals surface area contributed by atoms with Crippen LogP contribution in [0.25, 0.3) is 0 Å². The van der Waals surface area contributed by atoms with E-state index in [4.69, 9.17) is 5.11 Å². The fourth-order valence-corrected chi connectivity index (χ4v) is 1.19. The molecule has 0 aliphatic carbocycles. The highest BCUT2D eigenvalue weighted by molar-refractivity contribution is 4.94. The van der Waals surface area contributed by atoms with E-state index in [1.807, 2.05) is 19.1 Å². The number of aliphatic hydroxyl groups excluding tert-OH is 3. The summed E-state index contributed by atoms with van der Waals surface area (Å²) in [4.78, 5) is 0. The zero-order valence-electron chi connectivity index (χ0n) is 9.34. The molecule has 0 radical (unpaired) electrons. The summed E-state index contributed by atoms with van der Waals surface area (Å²) in [6.45, 7) is 2.03. The van der Waals surface area contributed by atoms with Crippen molar-refractivity contribution in [2.75, 3.05) is 6.61 Å². The molecule has 0 aliphatic rings. The molecule has 15 heavy (non-hydrogen) atoms. The molecule has 0 saturated heterocycles. The standard InChI is InChI=1S/C12H22O3/c1-2-3-6-11(14)7-4-8-12(15)9-5-10-13/h2-4,7,11-15H,5-6,8-10H2,1H3/b3-2+,7-4+/t11-,12+/m0/s1. The topological polar surface area (TPSA) is 60.7 Å². The summed E-state index contributed by atoms with van der Waals surface area (Å²) in [5.74, 6) is 0. The second-order valence-corrected chi connectivity index (χ2v) is 3.56. The fourth-order valence-electron chi connectivity index (χ4n) is 1.19. The lowest BCUT2D eigenvalue weighted by molar-refractivity contribution is 0.152. The van der Waals surface area contributed by atoms with Crippen molar-refractivity contribution in [3.05, 3.63) is 24.3 Å². The monoisotopic (exact) mass is 214 g/mol. The summed E-state index contributed by atoms with van der Waals surface area (Å²) < 4.78 is 0. The lowest BCUT2D eigenvalue weighted by atomic mass is 10.1. The third kappa shape index (κ3) is 9.66. The molecule has 0 aromatic carbocycles. The molecule has 0 rings (SSSR count). The number of rotatable bonds is 8. The van der Waals surface area contributed by atoms with Crippen molar-refractivity contribution in [2.45, 2.75) is 44.8 Å². The molecule has 0 bridgehead atoms. The maximum atomic E-state index is 9.41. The molecule has 0 spiro atoms. The Hall–Kier alpha value is -0.640. The van der Waals surface area contributed by atoms with Gasteiger partial charge >= 0.3 is 0 Å². The van der Waals surface area contributed by atoms with Crippen LogP contribution < -0.4 is 0 Å². The first kappa shape index (κ1) is 14.4. The third-order valence-electron chi connectivity index (χ3n) is 2.08. The third-order valence-corrected chi connectivity index (χ3v) is 2.08. The Bertz CT molecular complexity index is 187. The predicted octanol–water partition coefficient (Wildman–Crippen LogP) is 1.39. The van der Waals surface area contributed by atoms with Crippen LogP contribution in [0.1, 0.15) is 32.6 Å². The first-order valence-corrected chi connectivity index (χ1v) is 5.45. The quantitative estimate of drug-likeness (QED) is 0.535. The molecule has 0 saturated carbocycles. The average Bonchev–Trinajstić information content (AvgIpc) is 2.23. The van der Waals surface area contributed by atoms with Crippen molar-refractivity contribution in [2.24, 2.45) is 0 Å². The van der Waals surface area contributed by atoms with Gasteiger partial charge in [0.2, 0.25) is 0 Å². The number of hydrogen-bond acceptors (Lipinski definition) is 3. The summed E-state index contributed by atoms with van der Waals surface area (Å²) >= 11 is 0. The van der Waals surface area contributed by atoms with Gasteiger partial charge in [0.15, 0.2) is 0 Å². The van der Waals surface area contributed by atoms with Crippen LogP contribution in [-0.4, -0.2) is 34.1 Å². The molecular weight excluding hydrogens is 192 g/mol. The molecule has 0 amide bonds. The predicted molar refractivity (Wildman–Crippen MR) is 61.5 cm³/mol. The minimum absolute atomic E-state index is 0.116. The highest BCUT2D eigenvalue weighted by Crippen LogP contribution is 2.03. The van der Waals surface area contributed by atoms with E-state index < -0.39 is 12.2 Å². The van der Waals surface area contributed by atoms with E-state index in [1.165, 1.54) is 0 Å². The Morgan fingerprint density at radius 2 is 1.87 bits per heavy atom. The molecule has 0 aliphatic heterocycles. The molecule has 0 aromatic rings. The molecule has 3 nitrogen and oxygen atoms in total. The van der Waals surface area contributed by atoms with Crippen LogP contribution in [0.15, 0.2) is 24.3 Å². The maximum Gasteiger partial charge on any atom is 0.0755 e. The Morgan fingerprint density at radius 3 is 2.47 bits per heavy atom. The van der Waals surface area contributed by atoms with Gasteiger partial charge in [-0.15, -0.1) is 0 Å². The summed E-state index contributed by atoms with van der Waals surface area (Å²) in [6.07, 6.45) is 8.77. The minimum atomic E-state index is -0.466. The number of allylic oxidation sites excluding steroid dienone is 1. The maximum absolute atomic E-state index is 9.41. The summed E-state index contributed by atoms with van der Waals surface area (Å²) in [7, 11) is 0. The zero-order valence-corrected chi connectivity index (χ0v) is 9.34. The van der Waals surface area contributed by atoms with Gasteiger partial charge in [-0.3, -0.25) is 0 Å². The van der Waals surface area contributed by atoms with Gasteiger partial charge in [-0.1, -0.05) is 24.3 Å². The number of hydrogen-bond donors (Lipinski definition) is 3. The van der Waals surface area contributed by atoms with Gasteiger partial charge < -0.3 is 15.3 Å². The van der Waals surface area contributed by atoms with Crippen LogP contribution in [0.2, 0.25) is 0 Å². The first-order chi connectivity index (χ1) is 7.20. The van der Waals surface area contributed by atoms with E-state index >= 15 is 0 Å². The van der Waals surface area contributed by atoms with E-state index in [2.05, 4.69) is 0 Å². The summed E-state index contributed by atoms with van der Waals surface area (Å²) in [6, 6.07) is 0. The Balaban J connectivity index is 3.58. The highest BCUT2D eigenvalue weighted by Gasteiger charge is 2.01. The van der Waals surface area contributed by atoms with Crippen molar-refractivity contribution in [1.82, 2.24) is 0 Å². The summed E-state index contributed by atoms with van der Waals surface area (Å²) in [5, 5.41) is 27.4. The molecule has 0 aromatic heterocycles. The van der Waals surface area contributed by atoms with Crippen LogP contribution in [0.3, 0.4) is 0 Å². The Labute approximate surface area is 91.8 Å². The summed E-state index contributed by atoms with van der Waals surface area (Å²) in [5.41, 5.74) is 0. The van der Waals surface area contributed by atoms with Gasteiger partial charge in [0.1, 0.15) is 0 Å². The molecule has 3 heteroatoms. The lowest BCUT2D eigenvalue weighted by Crippen LogP contribution is -2.06. The minimum Gasteiger partial charge on any atom is -0.396 e. The van der Waals surface area contributed by atoms with Crippen molar-refractivity contribution in [3.8, 4) is 0 Å². The van der Waals surface area contributed by atoms with Crippen LogP contribution in [0.5, 0.6) is 0 Å². The lowest BCUT2D eigenvalue weighted by Gasteiger charge is -2.06. The Morgan fingerprint density at radius 1 is 1.13 bits per heavy atom. The highest BCUT2D eigenvalue weighted by atomic mass is 16.3. The molecule has 2 atom stereocenters. The molecule has 3 N–H and O–H groups in total. The van der Waals surface area contributed by atoms with E-state index in [9.17, 15) is 10.2 Å². The first-order valence-electron chi connectivity index (χ1n) is 5.45. The smallest absolute Gasteiger partial charge is 0.0755 e. The van der Waals surface area contributed by atoms with Crippen LogP contribution in [-0.2, 0) is 0 Å². The number of aliphatic hydroxyl groups is 3. The zero-order chi connectivity index (χ0) is 11.5. The normalized spacial score (nSPS) is 16.3. The van der Waals surface area contributed by atoms with E-state index in [0.29, 0.717) is 25.7 Å². The van der Waals surface area contributed by atoms with E-state index in [-0.39, 0.29) is 6.61 Å². The SMILES string of the molecule is C/C=C/C[C@H](O)/C=C/C[C@@H](O)CCCO. The molecule has 0 unspecified atom stereocenters. The molecule has 0 fully saturated rings. The van der Waals surface area contributed by atoms with Gasteiger partial charge in [-0.05, 0) is 32.6 Å². The molecule has 0 heterocycles. The van der Waals surface area contributed by atoms with Gasteiger partial charge in [0.25, 0.3) is 0 Å². The van der Waals surface area contributed by atoms with Crippen molar-refractivity contribution >= 4 is 0 Å².